The van der Waals surface area contributed by atoms with Gasteiger partial charge in [0, 0.05) is 12.2 Å². The Morgan fingerprint density at radius 3 is 2.20 bits per heavy atom. The third-order valence-corrected chi connectivity index (χ3v) is 4.69. The lowest BCUT2D eigenvalue weighted by atomic mass is 10.2. The fourth-order valence-corrected chi connectivity index (χ4v) is 3.35. The van der Waals surface area contributed by atoms with E-state index in [2.05, 4.69) is 5.32 Å². The van der Waals surface area contributed by atoms with Gasteiger partial charge >= 0.3 is 13.3 Å². The monoisotopic (exact) mass is 307 g/mol. The smallest absolute Gasteiger partial charge is 0.385 e. The fraction of sp³-hybridized carbons (Fsp3) is 0.538. The van der Waals surface area contributed by atoms with Crippen molar-refractivity contribution in [3.05, 3.63) is 29.8 Å². The number of anilines is 1. The lowest BCUT2D eigenvalue weighted by molar-refractivity contribution is 0.0366. The molecule has 0 radical (unpaired) electrons. The third kappa shape index (κ3) is 3.37. The minimum absolute atomic E-state index is 0.115. The summed E-state index contributed by atoms with van der Waals surface area (Å²) in [4.78, 5) is 0. The molecule has 0 saturated heterocycles. The van der Waals surface area contributed by atoms with E-state index in [0.29, 0.717) is 6.54 Å². The summed E-state index contributed by atoms with van der Waals surface area (Å²) in [7, 11) is -4.57. The highest BCUT2D eigenvalue weighted by Gasteiger charge is 2.55. The van der Waals surface area contributed by atoms with Gasteiger partial charge in [0.2, 0.25) is 0 Å². The zero-order valence-corrected chi connectivity index (χ0v) is 12.8. The molecule has 1 rings (SSSR count). The molecule has 0 atom stereocenters. The van der Waals surface area contributed by atoms with Crippen LogP contribution in [0.5, 0.6) is 0 Å². The minimum Gasteiger partial charge on any atom is -0.385 e. The minimum atomic E-state index is -4.57. The summed E-state index contributed by atoms with van der Waals surface area (Å²) in [6, 6.07) is 5.83. The van der Waals surface area contributed by atoms with Gasteiger partial charge < -0.3 is 14.4 Å². The van der Waals surface area contributed by atoms with Crippen molar-refractivity contribution in [3.63, 3.8) is 0 Å². The van der Waals surface area contributed by atoms with Crippen LogP contribution in [-0.2, 0) is 19.3 Å². The predicted octanol–water partition coefficient (Wildman–Crippen LogP) is 4.43. The van der Waals surface area contributed by atoms with E-state index >= 15 is 0 Å². The Labute approximate surface area is 118 Å². The van der Waals surface area contributed by atoms with Crippen molar-refractivity contribution in [2.75, 3.05) is 25.1 Å². The van der Waals surface area contributed by atoms with Crippen LogP contribution in [0.25, 0.3) is 0 Å². The molecule has 0 aliphatic rings. The number of alkyl halides is 2. The van der Waals surface area contributed by atoms with Gasteiger partial charge in [-0.1, -0.05) is 18.2 Å². The zero-order valence-electron chi connectivity index (χ0n) is 11.9. The Morgan fingerprint density at radius 1 is 1.15 bits per heavy atom. The van der Waals surface area contributed by atoms with Crippen molar-refractivity contribution in [1.29, 1.82) is 0 Å². The standard InChI is InChI=1S/C13H20F2NO3P/c1-4-16-12-10-8-7-9-11(12)13(14,15)20(17,18-5-2)19-6-3/h7-10,16H,4-6H2,1-3H3. The van der Waals surface area contributed by atoms with Crippen LogP contribution in [0.3, 0.4) is 0 Å². The quantitative estimate of drug-likeness (QED) is 0.722. The van der Waals surface area contributed by atoms with E-state index in [4.69, 9.17) is 9.05 Å². The van der Waals surface area contributed by atoms with E-state index in [0.717, 1.165) is 0 Å². The third-order valence-electron chi connectivity index (χ3n) is 2.56. The second-order valence-electron chi connectivity index (χ2n) is 3.95. The average molecular weight is 307 g/mol. The van der Waals surface area contributed by atoms with Gasteiger partial charge in [0.1, 0.15) is 0 Å². The van der Waals surface area contributed by atoms with Crippen molar-refractivity contribution in [1.82, 2.24) is 0 Å². The lowest BCUT2D eigenvalue weighted by Gasteiger charge is -2.27. The first-order valence-corrected chi connectivity index (χ1v) is 8.07. The van der Waals surface area contributed by atoms with E-state index in [1.807, 2.05) is 0 Å². The van der Waals surface area contributed by atoms with Crippen molar-refractivity contribution in [2.45, 2.75) is 26.4 Å². The second-order valence-corrected chi connectivity index (χ2v) is 6.02. The van der Waals surface area contributed by atoms with E-state index in [-0.39, 0.29) is 24.5 Å². The van der Waals surface area contributed by atoms with Gasteiger partial charge in [0.05, 0.1) is 18.8 Å². The normalized spacial score (nSPS) is 12.4. The van der Waals surface area contributed by atoms with Gasteiger partial charge in [-0.25, -0.2) is 0 Å². The Balaban J connectivity index is 3.29. The zero-order chi connectivity index (χ0) is 15.2. The molecule has 0 fully saturated rings. The second kappa shape index (κ2) is 7.16. The van der Waals surface area contributed by atoms with Crippen LogP contribution >= 0.6 is 7.60 Å². The maximum absolute atomic E-state index is 14.6. The topological polar surface area (TPSA) is 47.6 Å². The van der Waals surface area contributed by atoms with Gasteiger partial charge in [-0.2, -0.15) is 8.78 Å². The van der Waals surface area contributed by atoms with Gasteiger partial charge in [0.25, 0.3) is 0 Å². The largest absolute Gasteiger partial charge is 0.404 e. The molecular formula is C13H20F2NO3P. The van der Waals surface area contributed by atoms with Crippen molar-refractivity contribution in [3.8, 4) is 0 Å². The molecule has 0 spiro atoms. The molecule has 1 aromatic rings. The van der Waals surface area contributed by atoms with Crippen LogP contribution in [0.1, 0.15) is 26.3 Å². The first kappa shape index (κ1) is 17.1. The summed E-state index contributed by atoms with van der Waals surface area (Å²) < 4.78 is 51.1. The van der Waals surface area contributed by atoms with Crippen LogP contribution in [0.4, 0.5) is 14.5 Å². The van der Waals surface area contributed by atoms with Gasteiger partial charge in [-0.15, -0.1) is 0 Å². The molecule has 0 saturated carbocycles. The number of halogens is 2. The SMILES string of the molecule is CCNc1ccccc1C(F)(F)P(=O)(OCC)OCC. The molecule has 114 valence electrons. The van der Waals surface area contributed by atoms with Gasteiger partial charge in [-0.05, 0) is 26.8 Å². The Bertz CT molecular complexity index is 472. The predicted molar refractivity (Wildman–Crippen MR) is 75.4 cm³/mol. The average Bonchev–Trinajstić information content (AvgIpc) is 2.40. The molecule has 0 amide bonds. The van der Waals surface area contributed by atoms with Crippen LogP contribution in [0, 0.1) is 0 Å². The number of hydrogen-bond acceptors (Lipinski definition) is 4. The summed E-state index contributed by atoms with van der Waals surface area (Å²) >= 11 is 0. The lowest BCUT2D eigenvalue weighted by Crippen LogP contribution is -2.20. The summed E-state index contributed by atoms with van der Waals surface area (Å²) in [5, 5.41) is 2.83. The van der Waals surface area contributed by atoms with Crippen LogP contribution in [-0.4, -0.2) is 19.8 Å². The van der Waals surface area contributed by atoms with Crippen molar-refractivity contribution >= 4 is 13.3 Å². The van der Waals surface area contributed by atoms with E-state index in [1.54, 1.807) is 13.0 Å². The molecule has 0 bridgehead atoms. The van der Waals surface area contributed by atoms with Crippen LogP contribution in [0.2, 0.25) is 0 Å². The number of nitrogens with one attached hydrogen (secondary N) is 1. The van der Waals surface area contributed by atoms with Gasteiger partial charge in [-0.3, -0.25) is 4.57 Å². The molecule has 0 aliphatic heterocycles. The molecule has 1 N–H and O–H groups in total. The Kier molecular flexibility index (Phi) is 6.11. The van der Waals surface area contributed by atoms with E-state index < -0.39 is 13.3 Å². The number of hydrogen-bond donors (Lipinski definition) is 1. The number of para-hydroxylation sites is 1. The molecular weight excluding hydrogens is 287 g/mol. The maximum atomic E-state index is 14.6. The highest BCUT2D eigenvalue weighted by molar-refractivity contribution is 7.54. The highest BCUT2D eigenvalue weighted by atomic mass is 31.2. The van der Waals surface area contributed by atoms with Crippen molar-refractivity contribution in [2.24, 2.45) is 0 Å². The number of benzene rings is 1. The Morgan fingerprint density at radius 2 is 1.70 bits per heavy atom. The van der Waals surface area contributed by atoms with Gasteiger partial charge in [0.15, 0.2) is 0 Å². The Hall–Kier alpha value is -0.970. The van der Waals surface area contributed by atoms with E-state index in [9.17, 15) is 13.3 Å². The molecule has 0 aliphatic carbocycles. The van der Waals surface area contributed by atoms with Crippen LogP contribution in [0.15, 0.2) is 24.3 Å². The first-order valence-electron chi connectivity index (χ1n) is 6.53. The summed E-state index contributed by atoms with van der Waals surface area (Å²) in [5.41, 5.74) is -3.87. The first-order chi connectivity index (χ1) is 9.43. The molecule has 0 heterocycles. The fourth-order valence-electron chi connectivity index (χ4n) is 1.78. The molecule has 4 nitrogen and oxygen atoms in total. The van der Waals surface area contributed by atoms with Crippen LogP contribution < -0.4 is 5.32 Å². The molecule has 1 aromatic carbocycles. The summed E-state index contributed by atoms with van der Waals surface area (Å²) in [6.45, 7) is 5.03. The summed E-state index contributed by atoms with van der Waals surface area (Å²) in [6.07, 6.45) is 0. The molecule has 0 aromatic heterocycles. The maximum Gasteiger partial charge on any atom is 0.404 e. The molecule has 0 unspecified atom stereocenters. The van der Waals surface area contributed by atoms with Crippen molar-refractivity contribution < 1.29 is 22.4 Å². The van der Waals surface area contributed by atoms with E-state index in [1.165, 1.54) is 32.0 Å². The molecule has 20 heavy (non-hydrogen) atoms. The highest BCUT2D eigenvalue weighted by Crippen LogP contribution is 2.67. The summed E-state index contributed by atoms with van der Waals surface area (Å²) in [5.74, 6) is 0. The molecule has 7 heteroatoms. The number of rotatable bonds is 8.